The molecule has 0 unspecified atom stereocenters. The smallest absolute Gasteiger partial charge is 0.132 e. The fraction of sp³-hybridized carbons (Fsp3) is 0.208. The molecule has 0 fully saturated rings. The van der Waals surface area contributed by atoms with E-state index in [-0.39, 0.29) is 6.67 Å². The van der Waals surface area contributed by atoms with Gasteiger partial charge in [-0.05, 0) is 53.8 Å². The Balaban J connectivity index is 1.50. The van der Waals surface area contributed by atoms with Gasteiger partial charge in [0, 0.05) is 36.6 Å². The first-order valence-electron chi connectivity index (χ1n) is 9.46. The first kappa shape index (κ1) is 18.1. The number of halogens is 1. The molecule has 0 aliphatic carbocycles. The summed E-state index contributed by atoms with van der Waals surface area (Å²) in [4.78, 5) is 9.64. The molecule has 28 heavy (non-hydrogen) atoms. The molecule has 0 atom stereocenters. The number of benzene rings is 2. The molecule has 0 saturated heterocycles. The largest absolute Gasteiger partial charge is 0.372 e. The van der Waals surface area contributed by atoms with Crippen LogP contribution < -0.4 is 15.6 Å². The molecule has 4 rings (SSSR count). The van der Waals surface area contributed by atoms with Crippen molar-refractivity contribution in [2.24, 2.45) is 4.99 Å². The van der Waals surface area contributed by atoms with Gasteiger partial charge in [-0.25, -0.2) is 4.39 Å². The standard InChI is InChI=1S/C24H22FN3/c1-28(16-14-25)23-12-9-20(10-13-23)19-7-4-18(5-8-19)6-11-22-17-21-3-2-15-26-24(21)27-22/h3-5,7-10,12-13,17H,2,14-16H2,1H3,(H,26,27). The van der Waals surface area contributed by atoms with Gasteiger partial charge in [-0.3, -0.25) is 4.99 Å². The van der Waals surface area contributed by atoms with Crippen LogP contribution in [0.4, 0.5) is 10.1 Å². The number of hydrogen-bond donors (Lipinski definition) is 1. The van der Waals surface area contributed by atoms with Crippen molar-refractivity contribution in [3.05, 3.63) is 76.6 Å². The second-order valence-corrected chi connectivity index (χ2v) is 6.85. The van der Waals surface area contributed by atoms with E-state index in [0.29, 0.717) is 6.54 Å². The molecule has 0 bridgehead atoms. The summed E-state index contributed by atoms with van der Waals surface area (Å²) in [6.45, 7) is 0.899. The lowest BCUT2D eigenvalue weighted by Crippen LogP contribution is -2.25. The van der Waals surface area contributed by atoms with Crippen molar-refractivity contribution in [1.82, 2.24) is 4.98 Å². The normalized spacial score (nSPS) is 12.2. The third-order valence-electron chi connectivity index (χ3n) is 4.88. The van der Waals surface area contributed by atoms with Gasteiger partial charge in [0.05, 0.1) is 5.69 Å². The topological polar surface area (TPSA) is 31.4 Å². The summed E-state index contributed by atoms with van der Waals surface area (Å²) in [6.07, 6.45) is 3.19. The Labute approximate surface area is 164 Å². The zero-order valence-corrected chi connectivity index (χ0v) is 15.9. The number of fused-ring (bicyclic) bond motifs is 1. The predicted octanol–water partition coefficient (Wildman–Crippen LogP) is 3.29. The fourth-order valence-electron chi connectivity index (χ4n) is 3.26. The van der Waals surface area contributed by atoms with Crippen LogP contribution in [0.3, 0.4) is 0 Å². The number of aromatic nitrogens is 1. The number of rotatable bonds is 4. The first-order valence-corrected chi connectivity index (χ1v) is 9.46. The molecule has 2 aromatic carbocycles. The van der Waals surface area contributed by atoms with E-state index >= 15 is 0 Å². The molecule has 1 N–H and O–H groups in total. The van der Waals surface area contributed by atoms with Crippen LogP contribution in [0.2, 0.25) is 0 Å². The molecular formula is C24H22FN3. The van der Waals surface area contributed by atoms with Gasteiger partial charge >= 0.3 is 0 Å². The van der Waals surface area contributed by atoms with E-state index in [1.165, 1.54) is 0 Å². The van der Waals surface area contributed by atoms with Crippen molar-refractivity contribution >= 4 is 11.8 Å². The van der Waals surface area contributed by atoms with E-state index in [1.54, 1.807) is 0 Å². The van der Waals surface area contributed by atoms with E-state index < -0.39 is 0 Å². The average Bonchev–Trinajstić information content (AvgIpc) is 3.16. The summed E-state index contributed by atoms with van der Waals surface area (Å²) in [7, 11) is 1.90. The lowest BCUT2D eigenvalue weighted by Gasteiger charge is -2.17. The molecule has 4 heteroatoms. The summed E-state index contributed by atoms with van der Waals surface area (Å²) in [6, 6.07) is 18.4. The van der Waals surface area contributed by atoms with E-state index in [4.69, 9.17) is 0 Å². The first-order chi connectivity index (χ1) is 13.7. The van der Waals surface area contributed by atoms with Crippen molar-refractivity contribution in [1.29, 1.82) is 0 Å². The monoisotopic (exact) mass is 371 g/mol. The lowest BCUT2D eigenvalue weighted by atomic mass is 10.0. The molecule has 0 saturated carbocycles. The highest BCUT2D eigenvalue weighted by Gasteiger charge is 2.02. The number of anilines is 1. The molecule has 0 spiro atoms. The third kappa shape index (κ3) is 3.99. The Morgan fingerprint density at radius 2 is 1.75 bits per heavy atom. The third-order valence-corrected chi connectivity index (χ3v) is 4.88. The number of H-pyrrole nitrogens is 1. The van der Waals surface area contributed by atoms with Crippen LogP contribution in [-0.4, -0.2) is 31.8 Å². The van der Waals surface area contributed by atoms with Gasteiger partial charge in [0.15, 0.2) is 0 Å². The van der Waals surface area contributed by atoms with Crippen molar-refractivity contribution in [3.63, 3.8) is 0 Å². The zero-order chi connectivity index (χ0) is 19.3. The highest BCUT2D eigenvalue weighted by Crippen LogP contribution is 2.23. The van der Waals surface area contributed by atoms with Crippen molar-refractivity contribution < 1.29 is 4.39 Å². The van der Waals surface area contributed by atoms with E-state index in [0.717, 1.165) is 51.7 Å². The summed E-state index contributed by atoms with van der Waals surface area (Å²) >= 11 is 0. The van der Waals surface area contributed by atoms with E-state index in [9.17, 15) is 4.39 Å². The second kappa shape index (κ2) is 8.14. The highest BCUT2D eigenvalue weighted by atomic mass is 19.1. The molecule has 1 aliphatic rings. The van der Waals surface area contributed by atoms with Gasteiger partial charge < -0.3 is 9.88 Å². The SMILES string of the molecule is CN(CCF)c1ccc(-c2ccc(C#Cc3cc4c([nH]3)=NCCC=4)cc2)cc1. The number of nitrogens with zero attached hydrogens (tertiary/aromatic N) is 2. The maximum absolute atomic E-state index is 12.5. The molecule has 3 aromatic rings. The minimum Gasteiger partial charge on any atom is -0.372 e. The minimum absolute atomic E-state index is 0.348. The van der Waals surface area contributed by atoms with Crippen LogP contribution in [0, 0.1) is 11.8 Å². The second-order valence-electron chi connectivity index (χ2n) is 6.85. The molecule has 1 aromatic heterocycles. The van der Waals surface area contributed by atoms with Gasteiger partial charge in [-0.2, -0.15) is 0 Å². The summed E-state index contributed by atoms with van der Waals surface area (Å²) in [5.41, 5.74) is 6.08. The Hall–Kier alpha value is -3.32. The fourth-order valence-corrected chi connectivity index (χ4v) is 3.26. The molecule has 1 aliphatic heterocycles. The van der Waals surface area contributed by atoms with Crippen LogP contribution in [0.5, 0.6) is 0 Å². The Bertz CT molecular complexity index is 1100. The van der Waals surface area contributed by atoms with Crippen LogP contribution >= 0.6 is 0 Å². The Morgan fingerprint density at radius 1 is 1.04 bits per heavy atom. The van der Waals surface area contributed by atoms with Crippen LogP contribution in [0.15, 0.2) is 59.6 Å². The van der Waals surface area contributed by atoms with Crippen molar-refractivity contribution in [3.8, 4) is 23.0 Å². The Morgan fingerprint density at radius 3 is 2.43 bits per heavy atom. The number of nitrogens with one attached hydrogen (secondary N) is 1. The number of hydrogen-bond acceptors (Lipinski definition) is 2. The van der Waals surface area contributed by atoms with Gasteiger partial charge in [0.1, 0.15) is 12.2 Å². The van der Waals surface area contributed by atoms with E-state index in [1.807, 2.05) is 36.2 Å². The minimum atomic E-state index is -0.348. The van der Waals surface area contributed by atoms with Crippen molar-refractivity contribution in [2.45, 2.75) is 6.42 Å². The summed E-state index contributed by atoms with van der Waals surface area (Å²) in [5, 5.41) is 1.14. The molecule has 3 nitrogen and oxygen atoms in total. The number of alkyl halides is 1. The van der Waals surface area contributed by atoms with Gasteiger partial charge in [-0.15, -0.1) is 0 Å². The molecule has 0 amide bonds. The lowest BCUT2D eigenvalue weighted by molar-refractivity contribution is 0.497. The molecular weight excluding hydrogens is 349 g/mol. The average molecular weight is 371 g/mol. The van der Waals surface area contributed by atoms with Crippen LogP contribution in [0.25, 0.3) is 17.2 Å². The van der Waals surface area contributed by atoms with Crippen LogP contribution in [-0.2, 0) is 0 Å². The highest BCUT2D eigenvalue weighted by molar-refractivity contribution is 5.67. The van der Waals surface area contributed by atoms with E-state index in [2.05, 4.69) is 58.2 Å². The maximum atomic E-state index is 12.5. The van der Waals surface area contributed by atoms with Gasteiger partial charge in [0.2, 0.25) is 0 Å². The zero-order valence-electron chi connectivity index (χ0n) is 15.9. The molecule has 0 radical (unpaired) electrons. The molecule has 2 heterocycles. The van der Waals surface area contributed by atoms with Gasteiger partial charge in [0.25, 0.3) is 0 Å². The molecule has 140 valence electrons. The quantitative estimate of drug-likeness (QED) is 0.701. The van der Waals surface area contributed by atoms with Gasteiger partial charge in [-0.1, -0.05) is 36.3 Å². The number of aromatic amines is 1. The Kier molecular flexibility index (Phi) is 5.25. The maximum Gasteiger partial charge on any atom is 0.132 e. The predicted molar refractivity (Wildman–Crippen MR) is 113 cm³/mol. The van der Waals surface area contributed by atoms with Crippen molar-refractivity contribution in [2.75, 3.05) is 31.7 Å². The van der Waals surface area contributed by atoms with Crippen LogP contribution in [0.1, 0.15) is 17.7 Å². The summed E-state index contributed by atoms with van der Waals surface area (Å²) < 4.78 is 12.5. The summed E-state index contributed by atoms with van der Waals surface area (Å²) in [5.74, 6) is 6.40.